The fourth-order valence-corrected chi connectivity index (χ4v) is 3.54. The van der Waals surface area contributed by atoms with Crippen molar-refractivity contribution < 1.29 is 18.7 Å². The van der Waals surface area contributed by atoms with Gasteiger partial charge in [-0.1, -0.05) is 0 Å². The summed E-state index contributed by atoms with van der Waals surface area (Å²) in [6, 6.07) is 3.01. The van der Waals surface area contributed by atoms with Gasteiger partial charge < -0.3 is 13.9 Å². The molecule has 1 fully saturated rings. The van der Waals surface area contributed by atoms with E-state index in [1.54, 1.807) is 0 Å². The zero-order chi connectivity index (χ0) is 19.7. The molecule has 0 spiro atoms. The second-order valence-electron chi connectivity index (χ2n) is 6.99. The Labute approximate surface area is 162 Å². The first kappa shape index (κ1) is 18.6. The molecule has 0 saturated carbocycles. The number of rotatable bonds is 6. The summed E-state index contributed by atoms with van der Waals surface area (Å²) in [6.07, 6.45) is 5.87. The van der Waals surface area contributed by atoms with Gasteiger partial charge in [-0.2, -0.15) is 9.49 Å². The Kier molecular flexibility index (Phi) is 5.13. The van der Waals surface area contributed by atoms with Crippen molar-refractivity contribution in [1.29, 1.82) is 0 Å². The van der Waals surface area contributed by atoms with Crippen LogP contribution >= 0.6 is 0 Å². The number of Topliss-reactive ketones (excluding diaryl/α,β-unsaturated/α-hetero) is 1. The van der Waals surface area contributed by atoms with E-state index in [0.717, 1.165) is 53.7 Å². The molecule has 28 heavy (non-hydrogen) atoms. The molecule has 1 aliphatic rings. The van der Waals surface area contributed by atoms with Crippen LogP contribution in [0.5, 0.6) is 5.75 Å². The molecule has 4 heterocycles. The van der Waals surface area contributed by atoms with Crippen LogP contribution in [0.4, 0.5) is 4.39 Å². The van der Waals surface area contributed by atoms with Gasteiger partial charge >= 0.3 is 0 Å². The van der Waals surface area contributed by atoms with Gasteiger partial charge in [0.1, 0.15) is 17.1 Å². The lowest BCUT2D eigenvalue weighted by atomic mass is 9.97. The maximum absolute atomic E-state index is 13.5. The predicted molar refractivity (Wildman–Crippen MR) is 100 cm³/mol. The minimum absolute atomic E-state index is 0.0759. The number of carbonyl (C=O) groups is 1. The zero-order valence-electron chi connectivity index (χ0n) is 16.0. The quantitative estimate of drug-likeness (QED) is 0.609. The minimum Gasteiger partial charge on any atom is -0.493 e. The third kappa shape index (κ3) is 3.64. The molecule has 0 bridgehead atoms. The third-order valence-corrected chi connectivity index (χ3v) is 5.05. The summed E-state index contributed by atoms with van der Waals surface area (Å²) in [5.41, 5.74) is 2.64. The summed E-state index contributed by atoms with van der Waals surface area (Å²) >= 11 is 0. The summed E-state index contributed by atoms with van der Waals surface area (Å²) in [7, 11) is 1.47. The van der Waals surface area contributed by atoms with Crippen LogP contribution in [0.15, 0.2) is 24.5 Å². The van der Waals surface area contributed by atoms with Crippen molar-refractivity contribution >= 4 is 11.4 Å². The number of nitrogens with zero attached hydrogens (tertiary/aromatic N) is 4. The van der Waals surface area contributed by atoms with Gasteiger partial charge in [0.25, 0.3) is 0 Å². The first-order valence-electron chi connectivity index (χ1n) is 9.50. The second kappa shape index (κ2) is 7.71. The molecule has 7 nitrogen and oxygen atoms in total. The Morgan fingerprint density at radius 1 is 1.32 bits per heavy atom. The summed E-state index contributed by atoms with van der Waals surface area (Å²) in [5, 5.41) is 3.93. The Bertz CT molecular complexity index is 985. The van der Waals surface area contributed by atoms with E-state index < -0.39 is 5.95 Å². The molecule has 0 radical (unpaired) electrons. The maximum Gasteiger partial charge on any atom is 0.211 e. The van der Waals surface area contributed by atoms with Crippen LogP contribution in [-0.2, 0) is 18.2 Å². The SMILES string of the molecule is CCOc1cc2nc(C3CCOCC3)cn2cc1CC(=O)c1cc(F)n(C)n1. The third-order valence-electron chi connectivity index (χ3n) is 5.05. The monoisotopic (exact) mass is 386 g/mol. The molecular formula is C20H23FN4O3. The van der Waals surface area contributed by atoms with E-state index in [4.69, 9.17) is 14.5 Å². The molecule has 4 rings (SSSR count). The van der Waals surface area contributed by atoms with Gasteiger partial charge in [0.05, 0.1) is 12.3 Å². The normalized spacial score (nSPS) is 15.2. The molecule has 0 atom stereocenters. The van der Waals surface area contributed by atoms with E-state index in [1.807, 2.05) is 29.8 Å². The molecule has 3 aromatic rings. The molecule has 0 aromatic carbocycles. The molecular weight excluding hydrogens is 363 g/mol. The summed E-state index contributed by atoms with van der Waals surface area (Å²) in [6.45, 7) is 3.87. The van der Waals surface area contributed by atoms with Gasteiger partial charge in [0.15, 0.2) is 5.78 Å². The Balaban J connectivity index is 1.65. The van der Waals surface area contributed by atoms with Crippen molar-refractivity contribution in [2.45, 2.75) is 32.1 Å². The number of hydrogen-bond donors (Lipinski definition) is 0. The molecule has 0 aliphatic carbocycles. The van der Waals surface area contributed by atoms with Crippen LogP contribution in [0, 0.1) is 5.95 Å². The lowest BCUT2D eigenvalue weighted by molar-refractivity contribution is 0.0846. The highest BCUT2D eigenvalue weighted by molar-refractivity contribution is 5.96. The van der Waals surface area contributed by atoms with Gasteiger partial charge in [-0.15, -0.1) is 0 Å². The van der Waals surface area contributed by atoms with Gasteiger partial charge in [-0.05, 0) is 19.8 Å². The van der Waals surface area contributed by atoms with Crippen molar-refractivity contribution in [1.82, 2.24) is 19.2 Å². The molecule has 1 saturated heterocycles. The van der Waals surface area contributed by atoms with E-state index in [-0.39, 0.29) is 17.9 Å². The van der Waals surface area contributed by atoms with Crippen LogP contribution in [0.2, 0.25) is 0 Å². The maximum atomic E-state index is 13.5. The Morgan fingerprint density at radius 2 is 2.11 bits per heavy atom. The average molecular weight is 386 g/mol. The summed E-state index contributed by atoms with van der Waals surface area (Å²) in [4.78, 5) is 17.3. The number of ether oxygens (including phenoxy) is 2. The van der Waals surface area contributed by atoms with Gasteiger partial charge in [0, 0.05) is 62.7 Å². The van der Waals surface area contributed by atoms with Crippen LogP contribution in [0.3, 0.4) is 0 Å². The number of halogens is 1. The second-order valence-corrected chi connectivity index (χ2v) is 6.99. The van der Waals surface area contributed by atoms with Crippen molar-refractivity contribution in [3.8, 4) is 5.75 Å². The summed E-state index contributed by atoms with van der Waals surface area (Å²) in [5.74, 6) is 0.193. The number of fused-ring (bicyclic) bond motifs is 1. The number of aromatic nitrogens is 4. The van der Waals surface area contributed by atoms with E-state index in [0.29, 0.717) is 18.3 Å². The lowest BCUT2D eigenvalue weighted by Crippen LogP contribution is -2.14. The fourth-order valence-electron chi connectivity index (χ4n) is 3.54. The molecule has 0 unspecified atom stereocenters. The van der Waals surface area contributed by atoms with E-state index >= 15 is 0 Å². The number of pyridine rings is 1. The Hall–Kier alpha value is -2.74. The van der Waals surface area contributed by atoms with Gasteiger partial charge in [-0.25, -0.2) is 9.67 Å². The first-order valence-corrected chi connectivity index (χ1v) is 9.50. The summed E-state index contributed by atoms with van der Waals surface area (Å²) < 4.78 is 27.7. The lowest BCUT2D eigenvalue weighted by Gasteiger charge is -2.19. The molecule has 1 aliphatic heterocycles. The molecule has 8 heteroatoms. The van der Waals surface area contributed by atoms with Crippen molar-refractivity contribution in [2.75, 3.05) is 19.8 Å². The van der Waals surface area contributed by atoms with Crippen LogP contribution < -0.4 is 4.74 Å². The number of hydrogen-bond acceptors (Lipinski definition) is 5. The number of ketones is 1. The highest BCUT2D eigenvalue weighted by Crippen LogP contribution is 2.29. The highest BCUT2D eigenvalue weighted by atomic mass is 19.1. The minimum atomic E-state index is -0.542. The van der Waals surface area contributed by atoms with Crippen LogP contribution in [-0.4, -0.2) is 44.8 Å². The van der Waals surface area contributed by atoms with E-state index in [9.17, 15) is 9.18 Å². The van der Waals surface area contributed by atoms with Crippen molar-refractivity contribution in [2.24, 2.45) is 7.05 Å². The fraction of sp³-hybridized carbons (Fsp3) is 0.450. The predicted octanol–water partition coefficient (Wildman–Crippen LogP) is 2.93. The molecule has 0 amide bonds. The van der Waals surface area contributed by atoms with E-state index in [1.165, 1.54) is 7.05 Å². The zero-order valence-corrected chi connectivity index (χ0v) is 16.0. The highest BCUT2D eigenvalue weighted by Gasteiger charge is 2.21. The average Bonchev–Trinajstić information content (AvgIpc) is 3.26. The first-order chi connectivity index (χ1) is 13.5. The number of aryl methyl sites for hydroxylation is 1. The van der Waals surface area contributed by atoms with Crippen LogP contribution in [0.25, 0.3) is 5.65 Å². The van der Waals surface area contributed by atoms with Crippen LogP contribution in [0.1, 0.15) is 47.4 Å². The number of carbonyl (C=O) groups excluding carboxylic acids is 1. The molecule has 0 N–H and O–H groups in total. The largest absolute Gasteiger partial charge is 0.493 e. The van der Waals surface area contributed by atoms with E-state index in [2.05, 4.69) is 5.10 Å². The standard InChI is InChI=1S/C20H23FN4O3/c1-3-28-18-10-20-22-16(13-4-6-27-7-5-13)12-25(20)11-14(18)8-17(26)15-9-19(21)24(2)23-15/h9-13H,3-8H2,1-2H3. The topological polar surface area (TPSA) is 70.7 Å². The number of imidazole rings is 1. The molecule has 148 valence electrons. The van der Waals surface area contributed by atoms with Gasteiger partial charge in [-0.3, -0.25) is 4.79 Å². The Morgan fingerprint density at radius 3 is 2.79 bits per heavy atom. The smallest absolute Gasteiger partial charge is 0.211 e. The van der Waals surface area contributed by atoms with Crippen molar-refractivity contribution in [3.63, 3.8) is 0 Å². The molecule has 3 aromatic heterocycles. The van der Waals surface area contributed by atoms with Crippen molar-refractivity contribution in [3.05, 3.63) is 47.4 Å². The van der Waals surface area contributed by atoms with Gasteiger partial charge in [0.2, 0.25) is 5.95 Å².